The molecule has 0 amide bonds. The normalized spacial score (nSPS) is 18.0. The first kappa shape index (κ1) is 13.1. The minimum atomic E-state index is -3.50. The maximum Gasteiger partial charge on any atom is 0.240 e. The quantitative estimate of drug-likeness (QED) is 0.849. The Kier molecular flexibility index (Phi) is 3.98. The number of sulfonamides is 1. The van der Waals surface area contributed by atoms with Gasteiger partial charge in [0.25, 0.3) is 0 Å². The molecular weight excluding hydrogens is 281 g/mol. The number of hydrogen-bond acceptors (Lipinski definition) is 2. The molecule has 1 aliphatic carbocycles. The SMILES string of the molecule is O=S(=O)(NCC(Cl)C1CC1)c1cccc(Cl)c1. The molecule has 1 fully saturated rings. The van der Waals surface area contributed by atoms with E-state index in [-0.39, 0.29) is 16.8 Å². The lowest BCUT2D eigenvalue weighted by Gasteiger charge is -2.10. The van der Waals surface area contributed by atoms with Crippen LogP contribution in [-0.4, -0.2) is 20.3 Å². The maximum atomic E-state index is 11.9. The highest BCUT2D eigenvalue weighted by atomic mass is 35.5. The molecule has 1 aromatic rings. The van der Waals surface area contributed by atoms with Gasteiger partial charge in [-0.3, -0.25) is 0 Å². The Hall–Kier alpha value is -0.290. The van der Waals surface area contributed by atoms with Crippen molar-refractivity contribution in [2.24, 2.45) is 5.92 Å². The lowest BCUT2D eigenvalue weighted by atomic mass is 10.3. The van der Waals surface area contributed by atoms with Crippen LogP contribution >= 0.6 is 23.2 Å². The molecule has 1 aromatic carbocycles. The zero-order valence-corrected chi connectivity index (χ0v) is 11.4. The largest absolute Gasteiger partial charge is 0.240 e. The van der Waals surface area contributed by atoms with E-state index in [0.29, 0.717) is 10.9 Å². The molecule has 0 aromatic heterocycles. The highest BCUT2D eigenvalue weighted by Gasteiger charge is 2.30. The zero-order chi connectivity index (χ0) is 12.5. The van der Waals surface area contributed by atoms with Gasteiger partial charge < -0.3 is 0 Å². The monoisotopic (exact) mass is 293 g/mol. The molecule has 3 nitrogen and oxygen atoms in total. The average Bonchev–Trinajstić information content (AvgIpc) is 3.10. The Labute approximate surface area is 111 Å². The van der Waals surface area contributed by atoms with E-state index in [4.69, 9.17) is 23.2 Å². The van der Waals surface area contributed by atoms with Gasteiger partial charge in [0, 0.05) is 16.9 Å². The predicted octanol–water partition coefficient (Wildman–Crippen LogP) is 2.64. The van der Waals surface area contributed by atoms with Crippen molar-refractivity contribution in [2.75, 3.05) is 6.54 Å². The van der Waals surface area contributed by atoms with Crippen LogP contribution in [0.4, 0.5) is 0 Å². The van der Waals surface area contributed by atoms with Gasteiger partial charge in [-0.2, -0.15) is 0 Å². The lowest BCUT2D eigenvalue weighted by molar-refractivity contribution is 0.576. The van der Waals surface area contributed by atoms with Crippen molar-refractivity contribution in [2.45, 2.75) is 23.1 Å². The highest BCUT2D eigenvalue weighted by Crippen LogP contribution is 2.35. The molecule has 0 radical (unpaired) electrons. The number of rotatable bonds is 5. The van der Waals surface area contributed by atoms with Crippen LogP contribution in [0.15, 0.2) is 29.2 Å². The number of halogens is 2. The van der Waals surface area contributed by atoms with Gasteiger partial charge in [-0.15, -0.1) is 11.6 Å². The minimum Gasteiger partial charge on any atom is -0.210 e. The van der Waals surface area contributed by atoms with E-state index < -0.39 is 10.0 Å². The molecule has 0 spiro atoms. The summed E-state index contributed by atoms with van der Waals surface area (Å²) in [5.74, 6) is 0.457. The van der Waals surface area contributed by atoms with Crippen LogP contribution in [0.3, 0.4) is 0 Å². The van der Waals surface area contributed by atoms with Crippen LogP contribution < -0.4 is 4.72 Å². The van der Waals surface area contributed by atoms with Crippen molar-refractivity contribution in [3.05, 3.63) is 29.3 Å². The van der Waals surface area contributed by atoms with Gasteiger partial charge >= 0.3 is 0 Å². The molecular formula is C11H13Cl2NO2S. The summed E-state index contributed by atoms with van der Waals surface area (Å²) < 4.78 is 26.3. The summed E-state index contributed by atoms with van der Waals surface area (Å²) in [6, 6.07) is 6.17. The van der Waals surface area contributed by atoms with Gasteiger partial charge in [0.15, 0.2) is 0 Å². The fourth-order valence-corrected chi connectivity index (χ4v) is 3.31. The van der Waals surface area contributed by atoms with Gasteiger partial charge in [0.2, 0.25) is 10.0 Å². The lowest BCUT2D eigenvalue weighted by Crippen LogP contribution is -2.30. The first-order valence-electron chi connectivity index (χ1n) is 5.38. The predicted molar refractivity (Wildman–Crippen MR) is 69.0 cm³/mol. The smallest absolute Gasteiger partial charge is 0.210 e. The van der Waals surface area contributed by atoms with Crippen molar-refractivity contribution in [1.82, 2.24) is 4.72 Å². The minimum absolute atomic E-state index is 0.121. The summed E-state index contributed by atoms with van der Waals surface area (Å²) in [6.07, 6.45) is 2.18. The average molecular weight is 294 g/mol. The second-order valence-corrected chi connectivity index (χ2v) is 6.93. The topological polar surface area (TPSA) is 46.2 Å². The van der Waals surface area contributed by atoms with Crippen LogP contribution in [-0.2, 0) is 10.0 Å². The van der Waals surface area contributed by atoms with Crippen LogP contribution in [0.25, 0.3) is 0 Å². The number of hydrogen-bond donors (Lipinski definition) is 1. The maximum absolute atomic E-state index is 11.9. The third kappa shape index (κ3) is 3.58. The van der Waals surface area contributed by atoms with Gasteiger partial charge in [-0.25, -0.2) is 13.1 Å². The highest BCUT2D eigenvalue weighted by molar-refractivity contribution is 7.89. The summed E-state index contributed by atoms with van der Waals surface area (Å²) in [6.45, 7) is 0.265. The molecule has 1 atom stereocenters. The Morgan fingerprint density at radius 2 is 2.12 bits per heavy atom. The third-order valence-electron chi connectivity index (χ3n) is 2.71. The molecule has 0 saturated heterocycles. The molecule has 1 N–H and O–H groups in total. The van der Waals surface area contributed by atoms with Crippen LogP contribution in [0.5, 0.6) is 0 Å². The van der Waals surface area contributed by atoms with E-state index in [2.05, 4.69) is 4.72 Å². The zero-order valence-electron chi connectivity index (χ0n) is 9.07. The number of benzene rings is 1. The Balaban J connectivity index is 2.03. The molecule has 0 heterocycles. The Morgan fingerprint density at radius 1 is 1.41 bits per heavy atom. The number of alkyl halides is 1. The first-order valence-corrected chi connectivity index (χ1v) is 7.68. The van der Waals surface area contributed by atoms with Gasteiger partial charge in [0.05, 0.1) is 4.90 Å². The van der Waals surface area contributed by atoms with Crippen LogP contribution in [0.2, 0.25) is 5.02 Å². The van der Waals surface area contributed by atoms with Gasteiger partial charge in [-0.05, 0) is 37.0 Å². The second kappa shape index (κ2) is 5.14. The summed E-state index contributed by atoms with van der Waals surface area (Å²) in [7, 11) is -3.50. The van der Waals surface area contributed by atoms with Gasteiger partial charge in [0.1, 0.15) is 0 Å². The summed E-state index contributed by atoms with van der Waals surface area (Å²) in [4.78, 5) is 0.171. The fourth-order valence-electron chi connectivity index (χ4n) is 1.53. The Bertz CT molecular complexity index is 500. The van der Waals surface area contributed by atoms with Crippen molar-refractivity contribution in [1.29, 1.82) is 0 Å². The Morgan fingerprint density at radius 3 is 2.71 bits per heavy atom. The molecule has 17 heavy (non-hydrogen) atoms. The van der Waals surface area contributed by atoms with Crippen molar-refractivity contribution >= 4 is 33.2 Å². The van der Waals surface area contributed by atoms with E-state index >= 15 is 0 Å². The molecule has 0 aliphatic heterocycles. The molecule has 1 aliphatic rings. The van der Waals surface area contributed by atoms with Crippen molar-refractivity contribution in [3.63, 3.8) is 0 Å². The molecule has 1 unspecified atom stereocenters. The van der Waals surface area contributed by atoms with E-state index in [1.165, 1.54) is 12.1 Å². The summed E-state index contributed by atoms with van der Waals surface area (Å²) in [5, 5.41) is 0.279. The molecule has 0 bridgehead atoms. The standard InChI is InChI=1S/C11H13Cl2NO2S/c12-9-2-1-3-10(6-9)17(15,16)14-7-11(13)8-4-5-8/h1-3,6,8,11,14H,4-5,7H2. The molecule has 94 valence electrons. The third-order valence-corrected chi connectivity index (χ3v) is 4.88. The second-order valence-electron chi connectivity index (χ2n) is 4.16. The number of nitrogens with one attached hydrogen (secondary N) is 1. The fraction of sp³-hybridized carbons (Fsp3) is 0.455. The molecule has 1 saturated carbocycles. The van der Waals surface area contributed by atoms with Crippen molar-refractivity contribution < 1.29 is 8.42 Å². The van der Waals surface area contributed by atoms with Crippen LogP contribution in [0.1, 0.15) is 12.8 Å². The van der Waals surface area contributed by atoms with E-state index in [9.17, 15) is 8.42 Å². The van der Waals surface area contributed by atoms with E-state index in [1.807, 2.05) is 0 Å². The van der Waals surface area contributed by atoms with E-state index in [1.54, 1.807) is 12.1 Å². The van der Waals surface area contributed by atoms with Gasteiger partial charge in [-0.1, -0.05) is 17.7 Å². The summed E-state index contributed by atoms with van der Waals surface area (Å²) >= 11 is 11.8. The van der Waals surface area contributed by atoms with E-state index in [0.717, 1.165) is 12.8 Å². The van der Waals surface area contributed by atoms with Crippen molar-refractivity contribution in [3.8, 4) is 0 Å². The molecule has 2 rings (SSSR count). The van der Waals surface area contributed by atoms with Crippen LogP contribution in [0, 0.1) is 5.92 Å². The first-order chi connectivity index (χ1) is 7.99. The molecule has 6 heteroatoms. The summed E-state index contributed by atoms with van der Waals surface area (Å²) in [5.41, 5.74) is 0.